The molecule has 3 nitrogen and oxygen atoms in total. The highest BCUT2D eigenvalue weighted by Crippen LogP contribution is 2.08. The maximum absolute atomic E-state index is 9.75. The predicted octanol–water partition coefficient (Wildman–Crippen LogP) is 2.04. The van der Waals surface area contributed by atoms with Crippen molar-refractivity contribution in [1.82, 2.24) is 9.80 Å². The van der Waals surface area contributed by atoms with Crippen molar-refractivity contribution in [3.05, 3.63) is 24.4 Å². The van der Waals surface area contributed by atoms with Crippen molar-refractivity contribution in [3.63, 3.8) is 0 Å². The van der Waals surface area contributed by atoms with E-state index in [1.165, 1.54) is 0 Å². The van der Waals surface area contributed by atoms with Crippen LogP contribution in [0.15, 0.2) is 24.4 Å². The molecule has 16 heavy (non-hydrogen) atoms. The molecule has 0 bridgehead atoms. The monoisotopic (exact) mass is 236 g/mol. The minimum atomic E-state index is -6.00. The molecule has 1 rings (SSSR count). The van der Waals surface area contributed by atoms with E-state index < -0.39 is 7.25 Å². The van der Waals surface area contributed by atoms with Gasteiger partial charge >= 0.3 is 7.25 Å². The smallest absolute Gasteiger partial charge is 0.418 e. The van der Waals surface area contributed by atoms with E-state index in [0.717, 1.165) is 0 Å². The summed E-state index contributed by atoms with van der Waals surface area (Å²) in [5.41, 5.74) is 0. The van der Waals surface area contributed by atoms with E-state index in [4.69, 9.17) is 5.26 Å². The molecule has 8 heteroatoms. The van der Waals surface area contributed by atoms with Crippen molar-refractivity contribution in [2.75, 3.05) is 14.1 Å². The molecule has 1 atom stereocenters. The minimum absolute atomic E-state index is 0.0741. The van der Waals surface area contributed by atoms with Gasteiger partial charge in [0.15, 0.2) is 6.19 Å². The van der Waals surface area contributed by atoms with Crippen molar-refractivity contribution in [2.45, 2.75) is 6.17 Å². The summed E-state index contributed by atoms with van der Waals surface area (Å²) in [7, 11) is -2.11. The Morgan fingerprint density at radius 1 is 1.25 bits per heavy atom. The molecule has 1 heterocycles. The lowest BCUT2D eigenvalue weighted by atomic mass is 10.3. The Balaban J connectivity index is 0.000000385. The van der Waals surface area contributed by atoms with Crippen LogP contribution in [0.2, 0.25) is 0 Å². The molecule has 1 aliphatic heterocycles. The number of allylic oxidation sites excluding steroid dienone is 2. The van der Waals surface area contributed by atoms with Crippen LogP contribution in [0.1, 0.15) is 0 Å². The quantitative estimate of drug-likeness (QED) is 0.396. The zero-order chi connectivity index (χ0) is 12.8. The summed E-state index contributed by atoms with van der Waals surface area (Å²) in [6.45, 7) is 0. The van der Waals surface area contributed by atoms with Gasteiger partial charge in [0, 0.05) is 6.20 Å². The third-order valence-corrected chi connectivity index (χ3v) is 1.57. The Morgan fingerprint density at radius 2 is 1.75 bits per heavy atom. The molecule has 0 aromatic carbocycles. The van der Waals surface area contributed by atoms with Crippen LogP contribution >= 0.6 is 0 Å². The highest BCUT2D eigenvalue weighted by Gasteiger charge is 2.20. The number of rotatable bonds is 1. The minimum Gasteiger partial charge on any atom is -0.418 e. The molecule has 0 aliphatic carbocycles. The zero-order valence-electron chi connectivity index (χ0n) is 8.82. The average Bonchev–Trinajstić information content (AvgIpc) is 2.15. The van der Waals surface area contributed by atoms with Crippen molar-refractivity contribution >= 4 is 7.25 Å². The summed E-state index contributed by atoms with van der Waals surface area (Å²) < 4.78 is 39.0. The summed E-state index contributed by atoms with van der Waals surface area (Å²) in [4.78, 5) is 3.57. The molecule has 0 aromatic rings. The molecule has 0 aromatic heterocycles. The van der Waals surface area contributed by atoms with E-state index in [1.807, 2.05) is 37.2 Å². The highest BCUT2D eigenvalue weighted by molar-refractivity contribution is 6.50. The second-order valence-corrected chi connectivity index (χ2v) is 3.11. The van der Waals surface area contributed by atoms with Crippen LogP contribution in [0.3, 0.4) is 0 Å². The average molecular weight is 236 g/mol. The first-order chi connectivity index (χ1) is 7.25. The number of likely N-dealkylation sites (N-methyl/N-ethyl adjacent to an activating group) is 1. The van der Waals surface area contributed by atoms with Crippen molar-refractivity contribution < 1.29 is 17.3 Å². The predicted molar refractivity (Wildman–Crippen MR) is 53.4 cm³/mol. The molecule has 1 aliphatic rings. The van der Waals surface area contributed by atoms with Crippen molar-refractivity contribution in [2.24, 2.45) is 0 Å². The first-order valence-corrected chi connectivity index (χ1v) is 4.32. The second-order valence-electron chi connectivity index (χ2n) is 3.11. The van der Waals surface area contributed by atoms with Gasteiger partial charge < -0.3 is 17.3 Å². The van der Waals surface area contributed by atoms with E-state index in [9.17, 15) is 17.3 Å². The maximum atomic E-state index is 9.75. The highest BCUT2D eigenvalue weighted by atomic mass is 19.5. The number of hydrogen-bond donors (Lipinski definition) is 0. The molecular formula is C8H11BF4N3-. The molecule has 0 saturated heterocycles. The van der Waals surface area contributed by atoms with Crippen LogP contribution in [0.4, 0.5) is 17.3 Å². The molecular weight excluding hydrogens is 225 g/mol. The molecule has 90 valence electrons. The SMILES string of the molecule is CN(C)C1C=CC=CN1C#N.F[B-](F)(F)F. The van der Waals surface area contributed by atoms with Gasteiger partial charge in [-0.15, -0.1) is 0 Å². The van der Waals surface area contributed by atoms with Gasteiger partial charge in [0.2, 0.25) is 0 Å². The van der Waals surface area contributed by atoms with Gasteiger partial charge in [0.1, 0.15) is 6.17 Å². The lowest BCUT2D eigenvalue weighted by Gasteiger charge is -2.28. The molecule has 0 N–H and O–H groups in total. The number of hydrogen-bond acceptors (Lipinski definition) is 3. The van der Waals surface area contributed by atoms with Crippen molar-refractivity contribution in [1.29, 1.82) is 5.26 Å². The fourth-order valence-corrected chi connectivity index (χ4v) is 1.00. The number of nitriles is 1. The van der Waals surface area contributed by atoms with E-state index in [2.05, 4.69) is 6.19 Å². The first-order valence-electron chi connectivity index (χ1n) is 4.32. The van der Waals surface area contributed by atoms with Gasteiger partial charge in [-0.2, -0.15) is 5.26 Å². The van der Waals surface area contributed by atoms with Crippen LogP contribution in [0.25, 0.3) is 0 Å². The van der Waals surface area contributed by atoms with Gasteiger partial charge in [0.05, 0.1) is 0 Å². The Bertz CT molecular complexity index is 299. The molecule has 0 spiro atoms. The van der Waals surface area contributed by atoms with Gasteiger partial charge in [0.25, 0.3) is 0 Å². The van der Waals surface area contributed by atoms with Crippen LogP contribution in [-0.2, 0) is 0 Å². The fourth-order valence-electron chi connectivity index (χ4n) is 1.00. The summed E-state index contributed by atoms with van der Waals surface area (Å²) in [6, 6.07) is 0. The Kier molecular flexibility index (Phi) is 5.60. The summed E-state index contributed by atoms with van der Waals surface area (Å²) in [5.74, 6) is 0. The largest absolute Gasteiger partial charge is 0.673 e. The Hall–Kier alpha value is -1.49. The van der Waals surface area contributed by atoms with E-state index in [0.29, 0.717) is 0 Å². The van der Waals surface area contributed by atoms with Gasteiger partial charge in [-0.3, -0.25) is 9.80 Å². The summed E-state index contributed by atoms with van der Waals surface area (Å²) >= 11 is 0. The van der Waals surface area contributed by atoms with Crippen LogP contribution < -0.4 is 0 Å². The van der Waals surface area contributed by atoms with Crippen LogP contribution in [-0.4, -0.2) is 37.3 Å². The lowest BCUT2D eigenvalue weighted by molar-refractivity contribution is 0.217. The zero-order valence-corrected chi connectivity index (χ0v) is 8.82. The van der Waals surface area contributed by atoms with Crippen molar-refractivity contribution in [3.8, 4) is 6.19 Å². The summed E-state index contributed by atoms with van der Waals surface area (Å²) in [5, 5.41) is 8.67. The molecule has 1 unspecified atom stereocenters. The van der Waals surface area contributed by atoms with Gasteiger partial charge in [-0.05, 0) is 26.2 Å². The molecule has 0 amide bonds. The van der Waals surface area contributed by atoms with E-state index in [1.54, 1.807) is 11.1 Å². The van der Waals surface area contributed by atoms with E-state index in [-0.39, 0.29) is 6.17 Å². The normalized spacial score (nSPS) is 19.1. The molecule has 0 saturated carbocycles. The number of nitrogens with zero attached hydrogens (tertiary/aromatic N) is 3. The molecule has 0 radical (unpaired) electrons. The van der Waals surface area contributed by atoms with Gasteiger partial charge in [-0.25, -0.2) is 0 Å². The number of halogens is 4. The fraction of sp³-hybridized carbons (Fsp3) is 0.375. The Morgan fingerprint density at radius 3 is 2.06 bits per heavy atom. The maximum Gasteiger partial charge on any atom is 0.673 e. The third kappa shape index (κ3) is 6.89. The topological polar surface area (TPSA) is 30.3 Å². The standard InChI is InChI=1S/C8H11N3.BF4/c1-10(2)8-5-3-4-6-11(8)7-9;2-1(3,4)5/h3-6,8H,1-2H3;/q;-1. The van der Waals surface area contributed by atoms with Gasteiger partial charge in [-0.1, -0.05) is 6.08 Å². The van der Waals surface area contributed by atoms with Crippen LogP contribution in [0.5, 0.6) is 0 Å². The molecule has 0 fully saturated rings. The third-order valence-electron chi connectivity index (χ3n) is 1.57. The summed E-state index contributed by atoms with van der Waals surface area (Å²) in [6.07, 6.45) is 9.70. The Labute approximate surface area is 91.3 Å². The lowest BCUT2D eigenvalue weighted by Crippen LogP contribution is -2.38. The van der Waals surface area contributed by atoms with Crippen LogP contribution in [0, 0.1) is 11.5 Å². The second kappa shape index (κ2) is 6.17. The first kappa shape index (κ1) is 14.5. The van der Waals surface area contributed by atoms with E-state index >= 15 is 0 Å².